The van der Waals surface area contributed by atoms with Crippen molar-refractivity contribution in [2.75, 3.05) is 27.7 Å². The van der Waals surface area contributed by atoms with E-state index in [-0.39, 0.29) is 19.3 Å². The van der Waals surface area contributed by atoms with Gasteiger partial charge in [-0.2, -0.15) is 0 Å². The van der Waals surface area contributed by atoms with Gasteiger partial charge in [-0.05, 0) is 6.42 Å². The molecule has 1 unspecified atom stereocenters. The van der Waals surface area contributed by atoms with Gasteiger partial charge in [0.2, 0.25) is 5.91 Å². The Bertz CT molecular complexity index is 365. The molecule has 0 heterocycles. The molecular weight excluding hydrogens is 266 g/mol. The third-order valence-electron chi connectivity index (χ3n) is 2.44. The second kappa shape index (κ2) is 7.81. The number of esters is 1. The van der Waals surface area contributed by atoms with E-state index in [0.29, 0.717) is 11.0 Å². The highest BCUT2D eigenvalue weighted by molar-refractivity contribution is 5.78. The Kier molecular flexibility index (Phi) is 7.16. The molecule has 8 nitrogen and oxygen atoms in total. The number of hydrogen-bond donors (Lipinski definition) is 3. The fourth-order valence-electron chi connectivity index (χ4n) is 1.62. The molecule has 0 aliphatic carbocycles. The maximum Gasteiger partial charge on any atom is 0.323 e. The number of rotatable bonds is 9. The molecule has 0 bridgehead atoms. The van der Waals surface area contributed by atoms with Crippen molar-refractivity contribution < 1.29 is 28.7 Å². The lowest BCUT2D eigenvalue weighted by atomic mass is 10.1. The van der Waals surface area contributed by atoms with E-state index >= 15 is 0 Å². The minimum Gasteiger partial charge on any atom is -0.481 e. The molecule has 0 aromatic heterocycles. The Morgan fingerprint density at radius 1 is 1.25 bits per heavy atom. The van der Waals surface area contributed by atoms with E-state index in [1.165, 1.54) is 0 Å². The number of primary amides is 1. The summed E-state index contributed by atoms with van der Waals surface area (Å²) in [7, 11) is 5.57. The van der Waals surface area contributed by atoms with Crippen LogP contribution in [-0.4, -0.2) is 67.3 Å². The van der Waals surface area contributed by atoms with Gasteiger partial charge in [-0.25, -0.2) is 0 Å². The SMILES string of the molecule is C[N+](C)(C)CC(CC(=O)O)OC(=O)[C@@H](N)CCC(N)=O. The Balaban J connectivity index is 4.51. The van der Waals surface area contributed by atoms with Gasteiger partial charge in [-0.15, -0.1) is 0 Å². The van der Waals surface area contributed by atoms with Crippen LogP contribution in [0.3, 0.4) is 0 Å². The van der Waals surface area contributed by atoms with Crippen molar-refractivity contribution in [2.45, 2.75) is 31.4 Å². The summed E-state index contributed by atoms with van der Waals surface area (Å²) in [5, 5.41) is 8.82. The zero-order valence-corrected chi connectivity index (χ0v) is 12.2. The van der Waals surface area contributed by atoms with Gasteiger partial charge in [0.1, 0.15) is 12.6 Å². The molecule has 5 N–H and O–H groups in total. The Morgan fingerprint density at radius 2 is 1.80 bits per heavy atom. The molecule has 0 spiro atoms. The van der Waals surface area contributed by atoms with Crippen molar-refractivity contribution >= 4 is 17.8 Å². The van der Waals surface area contributed by atoms with Crippen LogP contribution in [0.2, 0.25) is 0 Å². The quantitative estimate of drug-likeness (QED) is 0.356. The largest absolute Gasteiger partial charge is 0.481 e. The fraction of sp³-hybridized carbons (Fsp3) is 0.750. The summed E-state index contributed by atoms with van der Waals surface area (Å²) in [5.74, 6) is -2.32. The second-order valence-corrected chi connectivity index (χ2v) is 5.74. The normalized spacial score (nSPS) is 14.4. The summed E-state index contributed by atoms with van der Waals surface area (Å²) >= 11 is 0. The molecule has 8 heteroatoms. The van der Waals surface area contributed by atoms with Gasteiger partial charge in [0.15, 0.2) is 6.10 Å². The molecule has 0 radical (unpaired) electrons. The van der Waals surface area contributed by atoms with Crippen LogP contribution in [0.5, 0.6) is 0 Å². The first-order valence-electron chi connectivity index (χ1n) is 6.28. The van der Waals surface area contributed by atoms with E-state index in [1.807, 2.05) is 21.1 Å². The number of nitrogens with two attached hydrogens (primary N) is 2. The number of likely N-dealkylation sites (N-methyl/N-ethyl adjacent to an activating group) is 1. The van der Waals surface area contributed by atoms with Gasteiger partial charge >= 0.3 is 11.9 Å². The predicted octanol–water partition coefficient (Wildman–Crippen LogP) is -1.33. The molecule has 0 aromatic carbocycles. The molecule has 0 rings (SSSR count). The first-order valence-corrected chi connectivity index (χ1v) is 6.28. The predicted molar refractivity (Wildman–Crippen MR) is 71.4 cm³/mol. The molecule has 0 aromatic rings. The molecule has 0 saturated heterocycles. The van der Waals surface area contributed by atoms with E-state index in [1.54, 1.807) is 0 Å². The lowest BCUT2D eigenvalue weighted by molar-refractivity contribution is -0.873. The molecule has 0 aliphatic rings. The van der Waals surface area contributed by atoms with Crippen LogP contribution in [0, 0.1) is 0 Å². The van der Waals surface area contributed by atoms with Crippen LogP contribution in [-0.2, 0) is 19.1 Å². The van der Waals surface area contributed by atoms with Crippen LogP contribution in [0.4, 0.5) is 0 Å². The van der Waals surface area contributed by atoms with Gasteiger partial charge in [-0.1, -0.05) is 0 Å². The van der Waals surface area contributed by atoms with Gasteiger partial charge in [0.25, 0.3) is 0 Å². The maximum atomic E-state index is 11.7. The van der Waals surface area contributed by atoms with Crippen molar-refractivity contribution in [2.24, 2.45) is 11.5 Å². The number of hydrogen-bond acceptors (Lipinski definition) is 5. The van der Waals surface area contributed by atoms with Crippen LogP contribution >= 0.6 is 0 Å². The highest BCUT2D eigenvalue weighted by atomic mass is 16.5. The number of ether oxygens (including phenoxy) is 1. The number of carbonyl (C=O) groups is 3. The van der Waals surface area contributed by atoms with Gasteiger partial charge in [0.05, 0.1) is 27.6 Å². The summed E-state index contributed by atoms with van der Waals surface area (Å²) in [6, 6.07) is -0.980. The molecule has 116 valence electrons. The minimum atomic E-state index is -1.05. The maximum absolute atomic E-state index is 11.7. The Labute approximate surface area is 118 Å². The van der Waals surface area contributed by atoms with E-state index in [2.05, 4.69) is 0 Å². The zero-order valence-electron chi connectivity index (χ0n) is 12.2. The minimum absolute atomic E-state index is 0.0187. The Morgan fingerprint density at radius 3 is 2.20 bits per heavy atom. The third-order valence-corrected chi connectivity index (χ3v) is 2.44. The smallest absolute Gasteiger partial charge is 0.323 e. The first-order chi connectivity index (χ1) is 9.01. The van der Waals surface area contributed by atoms with Crippen molar-refractivity contribution in [3.05, 3.63) is 0 Å². The van der Waals surface area contributed by atoms with Crippen LogP contribution < -0.4 is 11.5 Å². The Hall–Kier alpha value is -1.67. The molecule has 2 atom stereocenters. The first kappa shape index (κ1) is 18.3. The van der Waals surface area contributed by atoms with E-state index < -0.39 is 30.0 Å². The number of nitrogens with zero attached hydrogens (tertiary/aromatic N) is 1. The zero-order chi connectivity index (χ0) is 15.9. The van der Waals surface area contributed by atoms with Gasteiger partial charge < -0.3 is 25.8 Å². The highest BCUT2D eigenvalue weighted by Crippen LogP contribution is 2.07. The second-order valence-electron chi connectivity index (χ2n) is 5.74. The highest BCUT2D eigenvalue weighted by Gasteiger charge is 2.27. The molecule has 20 heavy (non-hydrogen) atoms. The topological polar surface area (TPSA) is 133 Å². The molecular formula is C12H24N3O5+. The summed E-state index contributed by atoms with van der Waals surface area (Å²) in [4.78, 5) is 33.1. The van der Waals surface area contributed by atoms with E-state index in [9.17, 15) is 14.4 Å². The summed E-state index contributed by atoms with van der Waals surface area (Å²) < 4.78 is 5.57. The summed E-state index contributed by atoms with van der Waals surface area (Å²) in [6.45, 7) is 0.348. The number of carboxylic acids is 1. The van der Waals surface area contributed by atoms with Crippen LogP contribution in [0.25, 0.3) is 0 Å². The van der Waals surface area contributed by atoms with E-state index in [0.717, 1.165) is 0 Å². The average molecular weight is 290 g/mol. The fourth-order valence-corrected chi connectivity index (χ4v) is 1.62. The number of carbonyl (C=O) groups excluding carboxylic acids is 2. The van der Waals surface area contributed by atoms with Crippen LogP contribution in [0.1, 0.15) is 19.3 Å². The lowest BCUT2D eigenvalue weighted by Gasteiger charge is -2.28. The number of aliphatic carboxylic acids is 1. The summed E-state index contributed by atoms with van der Waals surface area (Å²) in [5.41, 5.74) is 10.5. The number of quaternary nitrogens is 1. The molecule has 1 amide bonds. The lowest BCUT2D eigenvalue weighted by Crippen LogP contribution is -2.45. The average Bonchev–Trinajstić information content (AvgIpc) is 2.21. The standard InChI is InChI=1S/C12H23N3O5/c1-15(2,3)7-8(6-11(17)18)20-12(19)9(13)4-5-10(14)16/h8-9H,4-7,13H2,1-3H3,(H2-,14,16,17,18)/p+1/t8?,9-/m0/s1. The van der Waals surface area contributed by atoms with Crippen molar-refractivity contribution in [3.63, 3.8) is 0 Å². The van der Waals surface area contributed by atoms with Crippen molar-refractivity contribution in [3.8, 4) is 0 Å². The number of carboxylic acid groups (broad SMARTS) is 1. The summed E-state index contributed by atoms with van der Waals surface area (Å²) in [6.07, 6.45) is -0.989. The van der Waals surface area contributed by atoms with Crippen molar-refractivity contribution in [1.82, 2.24) is 0 Å². The van der Waals surface area contributed by atoms with Crippen LogP contribution in [0.15, 0.2) is 0 Å². The van der Waals surface area contributed by atoms with Crippen molar-refractivity contribution in [1.29, 1.82) is 0 Å². The molecule has 0 saturated carbocycles. The molecule has 0 fully saturated rings. The van der Waals surface area contributed by atoms with E-state index in [4.69, 9.17) is 21.3 Å². The van der Waals surface area contributed by atoms with Gasteiger partial charge in [-0.3, -0.25) is 14.4 Å². The third kappa shape index (κ3) is 9.29. The monoisotopic (exact) mass is 290 g/mol. The molecule has 0 aliphatic heterocycles. The van der Waals surface area contributed by atoms with Gasteiger partial charge in [0, 0.05) is 6.42 Å². The number of amides is 1.